The molecule has 0 aliphatic carbocycles. The average Bonchev–Trinajstić information content (AvgIpc) is 2.87. The first-order valence-electron chi connectivity index (χ1n) is 10.7. The fourth-order valence-electron chi connectivity index (χ4n) is 3.14. The van der Waals surface area contributed by atoms with Gasteiger partial charge in [-0.3, -0.25) is 14.2 Å². The van der Waals surface area contributed by atoms with Gasteiger partial charge in [-0.25, -0.2) is 14.4 Å². The molecule has 184 valence electrons. The summed E-state index contributed by atoms with van der Waals surface area (Å²) in [6, 6.07) is 5.74. The number of amides is 1. The molecule has 4 N–H and O–H groups in total. The quantitative estimate of drug-likeness (QED) is 0.327. The van der Waals surface area contributed by atoms with E-state index in [9.17, 15) is 19.1 Å². The minimum Gasteiger partial charge on any atom is -0.396 e. The molecule has 0 fully saturated rings. The number of rotatable bonds is 8. The van der Waals surface area contributed by atoms with E-state index in [-0.39, 0.29) is 47.8 Å². The third kappa shape index (κ3) is 5.61. The molecule has 1 unspecified atom stereocenters. The molecule has 3 rings (SSSR count). The molecular weight excluding hydrogens is 455 g/mol. The predicted octanol–water partition coefficient (Wildman–Crippen LogP) is 1.15. The van der Waals surface area contributed by atoms with Gasteiger partial charge in [-0.05, 0) is 37.1 Å². The third-order valence-corrected chi connectivity index (χ3v) is 5.10. The molecule has 1 amide bonds. The van der Waals surface area contributed by atoms with Crippen LogP contribution in [0.2, 0.25) is 0 Å². The lowest BCUT2D eigenvalue weighted by Crippen LogP contribution is -2.35. The number of halogens is 1. The molecule has 2 aromatic rings. The van der Waals surface area contributed by atoms with Crippen LogP contribution in [0.5, 0.6) is 0 Å². The van der Waals surface area contributed by atoms with Crippen molar-refractivity contribution in [2.75, 3.05) is 25.5 Å². The molecule has 0 saturated heterocycles. The van der Waals surface area contributed by atoms with Crippen LogP contribution in [0.25, 0.3) is 5.82 Å². The normalized spacial score (nSPS) is 15.5. The van der Waals surface area contributed by atoms with E-state index < -0.39 is 17.3 Å². The van der Waals surface area contributed by atoms with E-state index >= 15 is 0 Å². The van der Waals surface area contributed by atoms with Crippen LogP contribution in [-0.4, -0.2) is 58.3 Å². The molecule has 35 heavy (non-hydrogen) atoms. The second-order valence-electron chi connectivity index (χ2n) is 7.71. The molecule has 0 radical (unpaired) electrons. The number of carbonyl (C=O) groups excluding carboxylic acids is 1. The summed E-state index contributed by atoms with van der Waals surface area (Å²) in [6.45, 7) is 7.14. The standard InChI is InChI=1S/C23H27FN8O3/c1-14(13-33)12-28-22(34)15(2)20-30-18(11-19(25-3)32(20)26-4)29-17-8-6-10-31(23(17)35)21-16(24)7-5-9-27-21/h5-11,14,25,33H,4,12-13H2,1-3H3,(H,28,34)(H,29,30)/b20-15+. The number of anilines is 1. The van der Waals surface area contributed by atoms with Crippen molar-refractivity contribution in [1.82, 2.24) is 25.2 Å². The summed E-state index contributed by atoms with van der Waals surface area (Å²) in [5.74, 6) is -0.446. The van der Waals surface area contributed by atoms with Gasteiger partial charge in [0, 0.05) is 45.4 Å². The van der Waals surface area contributed by atoms with Gasteiger partial charge in [-0.15, -0.1) is 0 Å². The molecule has 12 heteroatoms. The average molecular weight is 483 g/mol. The molecule has 1 atom stereocenters. The number of hydrogen-bond acceptors (Lipinski definition) is 9. The zero-order valence-electron chi connectivity index (χ0n) is 19.6. The summed E-state index contributed by atoms with van der Waals surface area (Å²) in [4.78, 5) is 34.2. The van der Waals surface area contributed by atoms with Crippen LogP contribution in [-0.2, 0) is 4.79 Å². The Morgan fingerprint density at radius 3 is 2.77 bits per heavy atom. The highest BCUT2D eigenvalue weighted by Gasteiger charge is 2.24. The van der Waals surface area contributed by atoms with Crippen molar-refractivity contribution in [3.63, 3.8) is 0 Å². The lowest BCUT2D eigenvalue weighted by atomic mass is 10.2. The molecule has 1 aliphatic rings. The monoisotopic (exact) mass is 482 g/mol. The van der Waals surface area contributed by atoms with Gasteiger partial charge < -0.3 is 21.1 Å². The first kappa shape index (κ1) is 25.3. The van der Waals surface area contributed by atoms with E-state index in [1.165, 1.54) is 35.6 Å². The number of hydrazone groups is 1. The summed E-state index contributed by atoms with van der Waals surface area (Å²) >= 11 is 0. The number of aliphatic imine (C=N–C) groups is 1. The maximum Gasteiger partial charge on any atom is 0.280 e. The Kier molecular flexibility index (Phi) is 8.10. The molecule has 1 aliphatic heterocycles. The first-order chi connectivity index (χ1) is 16.8. The Morgan fingerprint density at radius 2 is 2.11 bits per heavy atom. The van der Waals surface area contributed by atoms with Crippen molar-refractivity contribution >= 4 is 24.1 Å². The second kappa shape index (κ2) is 11.2. The lowest BCUT2D eigenvalue weighted by molar-refractivity contribution is -0.117. The zero-order chi connectivity index (χ0) is 25.5. The van der Waals surface area contributed by atoms with Crippen LogP contribution >= 0.6 is 0 Å². The summed E-state index contributed by atoms with van der Waals surface area (Å²) in [5, 5.41) is 23.1. The van der Waals surface area contributed by atoms with E-state index in [0.717, 1.165) is 4.57 Å². The van der Waals surface area contributed by atoms with Gasteiger partial charge in [0.1, 0.15) is 17.3 Å². The Labute approximate surface area is 201 Å². The van der Waals surface area contributed by atoms with E-state index in [1.54, 1.807) is 33.0 Å². The van der Waals surface area contributed by atoms with Crippen molar-refractivity contribution in [1.29, 1.82) is 0 Å². The zero-order valence-corrected chi connectivity index (χ0v) is 19.6. The number of aliphatic hydroxyl groups excluding tert-OH is 1. The minimum absolute atomic E-state index is 0.0634. The number of nitrogens with one attached hydrogen (secondary N) is 3. The molecule has 0 aromatic carbocycles. The van der Waals surface area contributed by atoms with E-state index in [0.29, 0.717) is 5.82 Å². The van der Waals surface area contributed by atoms with Crippen molar-refractivity contribution in [2.45, 2.75) is 13.8 Å². The fourth-order valence-corrected chi connectivity index (χ4v) is 3.14. The van der Waals surface area contributed by atoms with Crippen LogP contribution in [0.4, 0.5) is 10.1 Å². The van der Waals surface area contributed by atoms with Gasteiger partial charge in [0.25, 0.3) is 11.5 Å². The maximum absolute atomic E-state index is 14.2. The topological polar surface area (TPSA) is 136 Å². The highest BCUT2D eigenvalue weighted by Crippen LogP contribution is 2.22. The van der Waals surface area contributed by atoms with Crippen molar-refractivity contribution in [3.8, 4) is 5.82 Å². The summed E-state index contributed by atoms with van der Waals surface area (Å²) in [5.41, 5.74) is -0.195. The highest BCUT2D eigenvalue weighted by molar-refractivity contribution is 6.06. The number of amidine groups is 1. The number of carbonyl (C=O) groups is 1. The van der Waals surface area contributed by atoms with E-state index in [1.807, 2.05) is 0 Å². The maximum atomic E-state index is 14.2. The van der Waals surface area contributed by atoms with Gasteiger partial charge in [0.15, 0.2) is 17.5 Å². The van der Waals surface area contributed by atoms with Crippen LogP contribution in [0.15, 0.2) is 74.8 Å². The summed E-state index contributed by atoms with van der Waals surface area (Å²) < 4.78 is 15.3. The lowest BCUT2D eigenvalue weighted by Gasteiger charge is -2.27. The molecular formula is C23H27FN8O3. The van der Waals surface area contributed by atoms with E-state index in [4.69, 9.17) is 0 Å². The van der Waals surface area contributed by atoms with E-state index in [2.05, 4.69) is 37.7 Å². The van der Waals surface area contributed by atoms with Crippen LogP contribution in [0.3, 0.4) is 0 Å². The fraction of sp³-hybridized carbons (Fsp3) is 0.261. The first-order valence-corrected chi connectivity index (χ1v) is 10.7. The molecule has 0 spiro atoms. The minimum atomic E-state index is -0.644. The van der Waals surface area contributed by atoms with Gasteiger partial charge >= 0.3 is 0 Å². The molecule has 0 bridgehead atoms. The van der Waals surface area contributed by atoms with Gasteiger partial charge in [-0.2, -0.15) is 10.1 Å². The number of nitrogens with zero attached hydrogens (tertiary/aromatic N) is 5. The summed E-state index contributed by atoms with van der Waals surface area (Å²) in [6.07, 6.45) is 4.38. The number of aromatic nitrogens is 2. The highest BCUT2D eigenvalue weighted by atomic mass is 19.1. The SMILES string of the molecule is C=NN1C(NC)=CC(Nc2cccn(-c3ncccc3F)c2=O)=N/C1=C(/C)C(=O)NCC(C)CO. The second-order valence-corrected chi connectivity index (χ2v) is 7.71. The van der Waals surface area contributed by atoms with Crippen LogP contribution < -0.4 is 21.5 Å². The number of aliphatic hydroxyl groups is 1. The van der Waals surface area contributed by atoms with Crippen LogP contribution in [0, 0.1) is 11.7 Å². The molecule has 0 saturated carbocycles. The van der Waals surface area contributed by atoms with Crippen molar-refractivity contribution in [2.24, 2.45) is 16.0 Å². The number of hydrogen-bond donors (Lipinski definition) is 4. The predicted molar refractivity (Wildman–Crippen MR) is 131 cm³/mol. The third-order valence-electron chi connectivity index (χ3n) is 5.10. The van der Waals surface area contributed by atoms with Gasteiger partial charge in [0.2, 0.25) is 0 Å². The molecule has 11 nitrogen and oxygen atoms in total. The number of pyridine rings is 2. The Bertz CT molecular complexity index is 1270. The van der Waals surface area contributed by atoms with Gasteiger partial charge in [-0.1, -0.05) is 6.92 Å². The molecule has 3 heterocycles. The largest absolute Gasteiger partial charge is 0.396 e. The van der Waals surface area contributed by atoms with Crippen molar-refractivity contribution in [3.05, 3.63) is 76.1 Å². The Morgan fingerprint density at radius 1 is 1.34 bits per heavy atom. The Balaban J connectivity index is 1.99. The smallest absolute Gasteiger partial charge is 0.280 e. The molecule has 2 aromatic heterocycles. The summed E-state index contributed by atoms with van der Waals surface area (Å²) in [7, 11) is 1.66. The van der Waals surface area contributed by atoms with Crippen molar-refractivity contribution < 1.29 is 14.3 Å². The Hall–Kier alpha value is -4.32. The van der Waals surface area contributed by atoms with Crippen LogP contribution in [0.1, 0.15) is 13.8 Å². The van der Waals surface area contributed by atoms with Gasteiger partial charge in [0.05, 0.1) is 5.57 Å².